The molecule has 1 atom stereocenters. The molecular weight excluding hydrogens is 411 g/mol. The minimum Gasteiger partial charge on any atom is -0.360 e. The average molecular weight is 436 g/mol. The molecule has 0 bridgehead atoms. The van der Waals surface area contributed by atoms with Crippen LogP contribution in [0.25, 0.3) is 21.2 Å². The van der Waals surface area contributed by atoms with Gasteiger partial charge in [0, 0.05) is 29.6 Å². The maximum Gasteiger partial charge on any atom is 0.391 e. The lowest BCUT2D eigenvalue weighted by Crippen LogP contribution is -2.34. The second-order valence-corrected chi connectivity index (χ2v) is 9.03. The Morgan fingerprint density at radius 2 is 1.80 bits per heavy atom. The van der Waals surface area contributed by atoms with Crippen molar-refractivity contribution in [2.24, 2.45) is 17.6 Å². The average Bonchev–Trinajstić information content (AvgIpc) is 3.21. The summed E-state index contributed by atoms with van der Waals surface area (Å²) in [6, 6.07) is 5.99. The van der Waals surface area contributed by atoms with E-state index in [4.69, 9.17) is 5.73 Å². The lowest BCUT2D eigenvalue weighted by molar-refractivity contribution is -0.184. The number of nitrogens with two attached hydrogens (primary N) is 1. The van der Waals surface area contributed by atoms with Gasteiger partial charge in [0.05, 0.1) is 23.2 Å². The van der Waals surface area contributed by atoms with E-state index in [0.717, 1.165) is 32.8 Å². The minimum atomic E-state index is -4.06. The SMILES string of the molecule is NC(CNc1ncc(-c2ccc3cnncc3c2)s1)CC1CCC(C(F)(F)F)CC1. The molecule has 0 aliphatic heterocycles. The Kier molecular flexibility index (Phi) is 6.19. The van der Waals surface area contributed by atoms with E-state index in [1.165, 1.54) is 0 Å². The highest BCUT2D eigenvalue weighted by Gasteiger charge is 2.41. The smallest absolute Gasteiger partial charge is 0.360 e. The van der Waals surface area contributed by atoms with Gasteiger partial charge in [-0.2, -0.15) is 23.4 Å². The first-order valence-corrected chi connectivity index (χ1v) is 10.9. The summed E-state index contributed by atoms with van der Waals surface area (Å²) in [6.45, 7) is 0.555. The third-order valence-electron chi connectivity index (χ3n) is 5.80. The van der Waals surface area contributed by atoms with Crippen molar-refractivity contribution < 1.29 is 13.2 Å². The van der Waals surface area contributed by atoms with E-state index in [0.29, 0.717) is 19.4 Å². The molecule has 160 valence electrons. The van der Waals surface area contributed by atoms with Gasteiger partial charge in [-0.1, -0.05) is 23.5 Å². The molecule has 30 heavy (non-hydrogen) atoms. The van der Waals surface area contributed by atoms with E-state index in [1.807, 2.05) is 18.3 Å². The highest BCUT2D eigenvalue weighted by atomic mass is 32.1. The second kappa shape index (κ2) is 8.85. The summed E-state index contributed by atoms with van der Waals surface area (Å²) in [5, 5.41) is 13.9. The van der Waals surface area contributed by atoms with Crippen molar-refractivity contribution in [2.75, 3.05) is 11.9 Å². The number of halogens is 3. The summed E-state index contributed by atoms with van der Waals surface area (Å²) in [4.78, 5) is 5.46. The Labute approximate surface area is 176 Å². The van der Waals surface area contributed by atoms with Gasteiger partial charge in [-0.15, -0.1) is 0 Å². The Balaban J connectivity index is 1.28. The predicted molar refractivity (Wildman–Crippen MR) is 113 cm³/mol. The molecule has 0 amide bonds. The van der Waals surface area contributed by atoms with E-state index >= 15 is 0 Å². The number of hydrogen-bond acceptors (Lipinski definition) is 6. The Morgan fingerprint density at radius 1 is 1.07 bits per heavy atom. The number of thiazole rings is 1. The van der Waals surface area contributed by atoms with Crippen LogP contribution in [0.5, 0.6) is 0 Å². The van der Waals surface area contributed by atoms with Crippen LogP contribution in [0, 0.1) is 11.8 Å². The Morgan fingerprint density at radius 3 is 2.53 bits per heavy atom. The molecule has 1 fully saturated rings. The molecule has 0 saturated heterocycles. The van der Waals surface area contributed by atoms with Crippen molar-refractivity contribution >= 4 is 27.2 Å². The van der Waals surface area contributed by atoms with Crippen LogP contribution in [-0.4, -0.2) is 33.9 Å². The number of anilines is 1. The number of rotatable bonds is 6. The molecule has 1 aliphatic carbocycles. The molecule has 2 aromatic heterocycles. The van der Waals surface area contributed by atoms with Crippen LogP contribution in [-0.2, 0) is 0 Å². The molecule has 4 rings (SSSR count). The van der Waals surface area contributed by atoms with Gasteiger partial charge in [-0.05, 0) is 49.7 Å². The van der Waals surface area contributed by atoms with Crippen molar-refractivity contribution in [3.05, 3.63) is 36.8 Å². The van der Waals surface area contributed by atoms with E-state index in [-0.39, 0.29) is 24.8 Å². The zero-order valence-corrected chi connectivity index (χ0v) is 17.2. The minimum absolute atomic E-state index is 0.107. The molecule has 2 heterocycles. The molecular formula is C21H24F3N5S. The summed E-state index contributed by atoms with van der Waals surface area (Å²) >= 11 is 1.55. The monoisotopic (exact) mass is 435 g/mol. The third-order valence-corrected chi connectivity index (χ3v) is 6.80. The number of nitrogens with one attached hydrogen (secondary N) is 1. The van der Waals surface area contributed by atoms with Crippen LogP contribution in [0.2, 0.25) is 0 Å². The molecule has 1 aromatic carbocycles. The zero-order chi connectivity index (χ0) is 21.1. The summed E-state index contributed by atoms with van der Waals surface area (Å²) in [5.74, 6) is -0.869. The normalized spacial score (nSPS) is 20.9. The first-order valence-electron chi connectivity index (χ1n) is 10.1. The molecule has 1 aliphatic rings. The van der Waals surface area contributed by atoms with Gasteiger partial charge < -0.3 is 11.1 Å². The van der Waals surface area contributed by atoms with Gasteiger partial charge in [0.15, 0.2) is 5.13 Å². The predicted octanol–water partition coefficient (Wildman–Crippen LogP) is 5.25. The van der Waals surface area contributed by atoms with Gasteiger partial charge in [-0.3, -0.25) is 0 Å². The quantitative estimate of drug-likeness (QED) is 0.553. The van der Waals surface area contributed by atoms with Crippen LogP contribution < -0.4 is 11.1 Å². The molecule has 5 nitrogen and oxygen atoms in total. The largest absolute Gasteiger partial charge is 0.391 e. The highest BCUT2D eigenvalue weighted by molar-refractivity contribution is 7.18. The molecule has 3 N–H and O–H groups in total. The third kappa shape index (κ3) is 5.07. The van der Waals surface area contributed by atoms with Gasteiger partial charge in [0.1, 0.15) is 0 Å². The van der Waals surface area contributed by atoms with Crippen LogP contribution in [0.4, 0.5) is 18.3 Å². The Bertz CT molecular complexity index is 982. The van der Waals surface area contributed by atoms with Crippen molar-refractivity contribution in [2.45, 2.75) is 44.3 Å². The summed E-state index contributed by atoms with van der Waals surface area (Å²) in [5.41, 5.74) is 7.29. The first-order chi connectivity index (χ1) is 14.4. The fraction of sp³-hybridized carbons (Fsp3) is 0.476. The van der Waals surface area contributed by atoms with E-state index in [2.05, 4.69) is 26.6 Å². The van der Waals surface area contributed by atoms with Crippen LogP contribution in [0.3, 0.4) is 0 Å². The number of aromatic nitrogens is 3. The zero-order valence-electron chi connectivity index (χ0n) is 16.4. The van der Waals surface area contributed by atoms with Gasteiger partial charge in [0.25, 0.3) is 0 Å². The van der Waals surface area contributed by atoms with E-state index in [1.54, 1.807) is 23.7 Å². The van der Waals surface area contributed by atoms with E-state index < -0.39 is 12.1 Å². The standard InChI is InChI=1S/C21H24F3N5S/c22-21(23,24)17-5-1-13(2-6-17)7-18(25)11-26-20-27-12-19(30-20)14-3-4-15-9-28-29-10-16(15)8-14/h3-4,8-10,12-13,17-18H,1-2,5-7,11,25H2,(H,26,27). The molecule has 1 unspecified atom stereocenters. The maximum atomic E-state index is 12.8. The highest BCUT2D eigenvalue weighted by Crippen LogP contribution is 2.40. The molecule has 0 radical (unpaired) electrons. The number of nitrogens with zero attached hydrogens (tertiary/aromatic N) is 3. The first kappa shape index (κ1) is 21.0. The fourth-order valence-corrected chi connectivity index (χ4v) is 4.91. The van der Waals surface area contributed by atoms with Crippen LogP contribution >= 0.6 is 11.3 Å². The van der Waals surface area contributed by atoms with Crippen LogP contribution in [0.15, 0.2) is 36.8 Å². The van der Waals surface area contributed by atoms with E-state index in [9.17, 15) is 13.2 Å². The lowest BCUT2D eigenvalue weighted by Gasteiger charge is -2.31. The van der Waals surface area contributed by atoms with Gasteiger partial charge in [-0.25, -0.2) is 4.98 Å². The van der Waals surface area contributed by atoms with Crippen LogP contribution in [0.1, 0.15) is 32.1 Å². The summed E-state index contributed by atoms with van der Waals surface area (Å²) in [7, 11) is 0. The summed E-state index contributed by atoms with van der Waals surface area (Å²) < 4.78 is 38.4. The van der Waals surface area contributed by atoms with Gasteiger partial charge in [0.2, 0.25) is 0 Å². The van der Waals surface area contributed by atoms with Crippen molar-refractivity contribution in [3.63, 3.8) is 0 Å². The van der Waals surface area contributed by atoms with Crippen molar-refractivity contribution in [1.29, 1.82) is 0 Å². The Hall–Kier alpha value is -2.26. The van der Waals surface area contributed by atoms with Gasteiger partial charge >= 0.3 is 6.18 Å². The fourth-order valence-electron chi connectivity index (χ4n) is 4.09. The molecule has 0 spiro atoms. The molecule has 3 aromatic rings. The number of alkyl halides is 3. The number of fused-ring (bicyclic) bond motifs is 1. The molecule has 9 heteroatoms. The van der Waals surface area contributed by atoms with Crippen molar-refractivity contribution in [1.82, 2.24) is 15.2 Å². The second-order valence-electron chi connectivity index (χ2n) is 8.00. The maximum absolute atomic E-state index is 12.8. The lowest BCUT2D eigenvalue weighted by atomic mass is 9.79. The summed E-state index contributed by atoms with van der Waals surface area (Å²) in [6.07, 6.45) is 3.63. The molecule has 1 saturated carbocycles. The number of hydrogen-bond donors (Lipinski definition) is 2. The number of benzene rings is 1. The van der Waals surface area contributed by atoms with Crippen molar-refractivity contribution in [3.8, 4) is 10.4 Å². The topological polar surface area (TPSA) is 76.7 Å².